The molecule has 114 valence electrons. The molecule has 1 atom stereocenters. The number of hydrogen-bond acceptors (Lipinski definition) is 4. The summed E-state index contributed by atoms with van der Waals surface area (Å²) < 4.78 is 1.13. The van der Waals surface area contributed by atoms with Gasteiger partial charge in [0.2, 0.25) is 0 Å². The maximum absolute atomic E-state index is 10.3. The molecule has 0 saturated heterocycles. The first-order valence-corrected chi connectivity index (χ1v) is 8.24. The topological polar surface area (TPSA) is 36.4 Å². The van der Waals surface area contributed by atoms with Crippen LogP contribution in [0.25, 0.3) is 20.8 Å². The van der Waals surface area contributed by atoms with Crippen LogP contribution in [0.1, 0.15) is 18.1 Å². The summed E-state index contributed by atoms with van der Waals surface area (Å²) >= 11 is 1.67. The van der Waals surface area contributed by atoms with Crippen LogP contribution >= 0.6 is 11.3 Å². The molecule has 22 heavy (non-hydrogen) atoms. The Morgan fingerprint density at radius 2 is 1.91 bits per heavy atom. The van der Waals surface area contributed by atoms with Gasteiger partial charge >= 0.3 is 0 Å². The van der Waals surface area contributed by atoms with Gasteiger partial charge in [-0.3, -0.25) is 0 Å². The van der Waals surface area contributed by atoms with Gasteiger partial charge in [-0.1, -0.05) is 36.4 Å². The van der Waals surface area contributed by atoms with Crippen LogP contribution in [0.5, 0.6) is 0 Å². The molecule has 3 rings (SSSR count). The van der Waals surface area contributed by atoms with Gasteiger partial charge in [-0.05, 0) is 38.2 Å². The molecule has 0 aliphatic carbocycles. The average molecular weight is 312 g/mol. The van der Waals surface area contributed by atoms with E-state index in [1.165, 1.54) is 0 Å². The molecule has 1 N–H and O–H groups in total. The van der Waals surface area contributed by atoms with E-state index in [9.17, 15) is 5.11 Å². The van der Waals surface area contributed by atoms with Crippen molar-refractivity contribution >= 4 is 21.6 Å². The van der Waals surface area contributed by atoms with Crippen molar-refractivity contribution in [1.29, 1.82) is 0 Å². The van der Waals surface area contributed by atoms with Gasteiger partial charge in [0.15, 0.2) is 0 Å². The summed E-state index contributed by atoms with van der Waals surface area (Å²) in [7, 11) is 4.04. The lowest BCUT2D eigenvalue weighted by atomic mass is 10.1. The van der Waals surface area contributed by atoms with Crippen LogP contribution in [0.4, 0.5) is 0 Å². The highest BCUT2D eigenvalue weighted by molar-refractivity contribution is 7.21. The average Bonchev–Trinajstić information content (AvgIpc) is 2.96. The third kappa shape index (κ3) is 3.35. The quantitative estimate of drug-likeness (QED) is 0.775. The maximum atomic E-state index is 10.3. The van der Waals surface area contributed by atoms with Crippen LogP contribution in [0.15, 0.2) is 48.5 Å². The van der Waals surface area contributed by atoms with Gasteiger partial charge in [0, 0.05) is 12.1 Å². The number of aliphatic hydroxyl groups is 1. The van der Waals surface area contributed by atoms with E-state index in [-0.39, 0.29) is 0 Å². The van der Waals surface area contributed by atoms with Gasteiger partial charge in [0.05, 0.1) is 16.3 Å². The first kappa shape index (κ1) is 15.2. The molecule has 0 bridgehead atoms. The van der Waals surface area contributed by atoms with Gasteiger partial charge in [-0.25, -0.2) is 4.98 Å². The second kappa shape index (κ2) is 6.57. The number of aromatic nitrogens is 1. The maximum Gasteiger partial charge on any atom is 0.124 e. The summed E-state index contributed by atoms with van der Waals surface area (Å²) in [6, 6.07) is 16.3. The van der Waals surface area contributed by atoms with E-state index in [4.69, 9.17) is 0 Å². The van der Waals surface area contributed by atoms with E-state index in [2.05, 4.69) is 28.1 Å². The Kier molecular flexibility index (Phi) is 4.52. The number of hydrogen-bond donors (Lipinski definition) is 1. The molecular weight excluding hydrogens is 292 g/mol. The second-order valence-corrected chi connectivity index (χ2v) is 6.75. The molecule has 0 fully saturated rings. The Morgan fingerprint density at radius 3 is 2.64 bits per heavy atom. The number of nitrogens with zero attached hydrogens (tertiary/aromatic N) is 2. The zero-order valence-electron chi connectivity index (χ0n) is 12.9. The zero-order chi connectivity index (χ0) is 15.5. The number of thiazole rings is 1. The van der Waals surface area contributed by atoms with Gasteiger partial charge in [0.1, 0.15) is 5.01 Å². The lowest BCUT2D eigenvalue weighted by molar-refractivity contribution is 0.154. The predicted octanol–water partition coefficient (Wildman–Crippen LogP) is 3.95. The SMILES string of the molecule is CN(C)CCC(O)c1ccc2nc(-c3ccccc3)sc2c1. The first-order chi connectivity index (χ1) is 10.6. The fourth-order valence-corrected chi connectivity index (χ4v) is 3.42. The molecule has 1 unspecified atom stereocenters. The molecule has 1 aromatic heterocycles. The molecule has 1 heterocycles. The number of fused-ring (bicyclic) bond motifs is 1. The van der Waals surface area contributed by atoms with Crippen molar-refractivity contribution < 1.29 is 5.11 Å². The Hall–Kier alpha value is -1.75. The molecule has 3 aromatic rings. The van der Waals surface area contributed by atoms with Gasteiger partial charge in [0.25, 0.3) is 0 Å². The van der Waals surface area contributed by atoms with Crippen molar-refractivity contribution in [2.75, 3.05) is 20.6 Å². The van der Waals surface area contributed by atoms with Crippen LogP contribution in [0, 0.1) is 0 Å². The third-order valence-electron chi connectivity index (χ3n) is 3.67. The second-order valence-electron chi connectivity index (χ2n) is 5.72. The monoisotopic (exact) mass is 312 g/mol. The van der Waals surface area contributed by atoms with Gasteiger partial charge in [-0.15, -0.1) is 11.3 Å². The highest BCUT2D eigenvalue weighted by Crippen LogP contribution is 2.32. The van der Waals surface area contributed by atoms with E-state index in [1.807, 2.05) is 44.4 Å². The van der Waals surface area contributed by atoms with Crippen LogP contribution in [0.2, 0.25) is 0 Å². The third-order valence-corrected chi connectivity index (χ3v) is 4.73. The van der Waals surface area contributed by atoms with Crippen molar-refractivity contribution in [2.45, 2.75) is 12.5 Å². The summed E-state index contributed by atoms with van der Waals surface area (Å²) in [4.78, 5) is 6.77. The minimum Gasteiger partial charge on any atom is -0.388 e. The highest BCUT2D eigenvalue weighted by Gasteiger charge is 2.11. The minimum atomic E-state index is -0.422. The summed E-state index contributed by atoms with van der Waals surface area (Å²) in [5, 5.41) is 11.3. The molecule has 0 amide bonds. The lowest BCUT2D eigenvalue weighted by Gasteiger charge is -2.14. The van der Waals surface area contributed by atoms with Crippen molar-refractivity contribution in [2.24, 2.45) is 0 Å². The molecule has 0 saturated carbocycles. The Balaban J connectivity index is 1.87. The van der Waals surface area contributed by atoms with Crippen LogP contribution in [-0.4, -0.2) is 35.6 Å². The smallest absolute Gasteiger partial charge is 0.124 e. The Labute approximate surface area is 134 Å². The Bertz CT molecular complexity index is 752. The normalized spacial score (nSPS) is 12.9. The number of aliphatic hydroxyl groups excluding tert-OH is 1. The minimum absolute atomic E-state index is 0.422. The lowest BCUT2D eigenvalue weighted by Crippen LogP contribution is -2.15. The summed E-state index contributed by atoms with van der Waals surface area (Å²) in [6.45, 7) is 0.872. The summed E-state index contributed by atoms with van der Waals surface area (Å²) in [5.74, 6) is 0. The standard InChI is InChI=1S/C18H20N2OS/c1-20(2)11-10-16(21)14-8-9-15-17(12-14)22-18(19-15)13-6-4-3-5-7-13/h3-9,12,16,21H,10-11H2,1-2H3. The van der Waals surface area contributed by atoms with Gasteiger partial charge in [-0.2, -0.15) is 0 Å². The molecular formula is C18H20N2OS. The number of rotatable bonds is 5. The van der Waals surface area contributed by atoms with Crippen molar-refractivity contribution in [1.82, 2.24) is 9.88 Å². The molecule has 4 heteroatoms. The first-order valence-electron chi connectivity index (χ1n) is 7.42. The Morgan fingerprint density at radius 1 is 1.14 bits per heavy atom. The fraction of sp³-hybridized carbons (Fsp3) is 0.278. The molecule has 0 aliphatic heterocycles. The largest absolute Gasteiger partial charge is 0.388 e. The molecule has 3 nitrogen and oxygen atoms in total. The van der Waals surface area contributed by atoms with Crippen LogP contribution < -0.4 is 0 Å². The van der Waals surface area contributed by atoms with E-state index < -0.39 is 6.10 Å². The number of benzene rings is 2. The van der Waals surface area contributed by atoms with E-state index in [1.54, 1.807) is 11.3 Å². The van der Waals surface area contributed by atoms with E-state index >= 15 is 0 Å². The molecule has 0 aliphatic rings. The fourth-order valence-electron chi connectivity index (χ4n) is 2.40. The zero-order valence-corrected chi connectivity index (χ0v) is 13.7. The van der Waals surface area contributed by atoms with Crippen molar-refractivity contribution in [3.05, 3.63) is 54.1 Å². The van der Waals surface area contributed by atoms with Gasteiger partial charge < -0.3 is 10.0 Å². The molecule has 0 spiro atoms. The molecule has 2 aromatic carbocycles. The van der Waals surface area contributed by atoms with Crippen molar-refractivity contribution in [3.63, 3.8) is 0 Å². The molecule has 0 radical (unpaired) electrons. The predicted molar refractivity (Wildman–Crippen MR) is 93.2 cm³/mol. The van der Waals surface area contributed by atoms with Crippen LogP contribution in [-0.2, 0) is 0 Å². The summed E-state index contributed by atoms with van der Waals surface area (Å²) in [6.07, 6.45) is 0.317. The van der Waals surface area contributed by atoms with E-state index in [0.717, 1.165) is 39.3 Å². The summed E-state index contributed by atoms with van der Waals surface area (Å²) in [5.41, 5.74) is 3.10. The van der Waals surface area contributed by atoms with E-state index in [0.29, 0.717) is 0 Å². The van der Waals surface area contributed by atoms with Crippen molar-refractivity contribution in [3.8, 4) is 10.6 Å². The highest BCUT2D eigenvalue weighted by atomic mass is 32.1. The van der Waals surface area contributed by atoms with Crippen LogP contribution in [0.3, 0.4) is 0 Å².